The van der Waals surface area contributed by atoms with Gasteiger partial charge < -0.3 is 4.74 Å². The number of hydrogen-bond acceptors (Lipinski definition) is 4. The van der Waals surface area contributed by atoms with Crippen molar-refractivity contribution < 1.29 is 18.7 Å². The third-order valence-electron chi connectivity index (χ3n) is 4.83. The molecule has 0 aliphatic carbocycles. The highest BCUT2D eigenvalue weighted by Gasteiger charge is 2.35. The van der Waals surface area contributed by atoms with E-state index in [0.717, 1.165) is 28.3 Å². The van der Waals surface area contributed by atoms with Crippen molar-refractivity contribution in [2.24, 2.45) is 0 Å². The molecule has 34 heavy (non-hydrogen) atoms. The van der Waals surface area contributed by atoms with Gasteiger partial charge >= 0.3 is 0 Å². The van der Waals surface area contributed by atoms with Crippen molar-refractivity contribution in [2.75, 3.05) is 0 Å². The van der Waals surface area contributed by atoms with Crippen molar-refractivity contribution in [3.8, 4) is 5.75 Å². The lowest BCUT2D eigenvalue weighted by Gasteiger charge is -2.13. The summed E-state index contributed by atoms with van der Waals surface area (Å²) in [5, 5.41) is 0.392. The van der Waals surface area contributed by atoms with Crippen LogP contribution < -0.4 is 4.74 Å². The Hall–Kier alpha value is -1.84. The number of rotatable bonds is 6. The quantitative estimate of drug-likeness (QED) is 0.252. The number of thioether (sulfide) groups is 1. The van der Waals surface area contributed by atoms with Crippen molar-refractivity contribution >= 4 is 84.0 Å². The fourth-order valence-corrected chi connectivity index (χ4v) is 5.79. The van der Waals surface area contributed by atoms with Crippen molar-refractivity contribution in [3.05, 3.63) is 101 Å². The Morgan fingerprint density at radius 3 is 2.32 bits per heavy atom. The lowest BCUT2D eigenvalue weighted by atomic mass is 10.2. The minimum absolute atomic E-state index is 0.0357. The van der Waals surface area contributed by atoms with E-state index in [0.29, 0.717) is 37.5 Å². The van der Waals surface area contributed by atoms with Gasteiger partial charge in [-0.05, 0) is 103 Å². The maximum Gasteiger partial charge on any atom is 0.293 e. The van der Waals surface area contributed by atoms with E-state index in [1.165, 1.54) is 12.1 Å². The molecular formula is C24H14Br2Cl2FNO3S. The maximum atomic E-state index is 13.3. The van der Waals surface area contributed by atoms with Gasteiger partial charge in [-0.2, -0.15) is 0 Å². The van der Waals surface area contributed by atoms with Gasteiger partial charge in [-0.25, -0.2) is 4.39 Å². The summed E-state index contributed by atoms with van der Waals surface area (Å²) >= 11 is 19.8. The second-order valence-electron chi connectivity index (χ2n) is 7.23. The van der Waals surface area contributed by atoms with E-state index in [4.69, 9.17) is 27.9 Å². The van der Waals surface area contributed by atoms with E-state index in [1.54, 1.807) is 30.3 Å². The molecule has 1 aliphatic rings. The number of nitrogens with zero attached hydrogens (tertiary/aromatic N) is 1. The second kappa shape index (κ2) is 10.8. The highest BCUT2D eigenvalue weighted by atomic mass is 79.9. The van der Waals surface area contributed by atoms with Gasteiger partial charge in [0.1, 0.15) is 18.2 Å². The first-order valence-corrected chi connectivity index (χ1v) is 12.9. The molecule has 3 aromatic carbocycles. The average Bonchev–Trinajstić information content (AvgIpc) is 3.03. The Kier molecular flexibility index (Phi) is 8.05. The number of benzene rings is 3. The first kappa shape index (κ1) is 25.3. The molecule has 0 aromatic heterocycles. The van der Waals surface area contributed by atoms with Crippen LogP contribution in [0.25, 0.3) is 6.08 Å². The number of ether oxygens (including phenoxy) is 1. The molecule has 0 spiro atoms. The van der Waals surface area contributed by atoms with Gasteiger partial charge in [0.15, 0.2) is 0 Å². The topological polar surface area (TPSA) is 46.6 Å². The summed E-state index contributed by atoms with van der Waals surface area (Å²) in [4.78, 5) is 26.7. The molecular weight excluding hydrogens is 632 g/mol. The molecule has 0 unspecified atom stereocenters. The summed E-state index contributed by atoms with van der Waals surface area (Å²) in [6.45, 7) is 0.310. The highest BCUT2D eigenvalue weighted by molar-refractivity contribution is 9.11. The number of hydrogen-bond donors (Lipinski definition) is 0. The van der Waals surface area contributed by atoms with E-state index in [9.17, 15) is 14.0 Å². The summed E-state index contributed by atoms with van der Waals surface area (Å²) < 4.78 is 20.6. The van der Waals surface area contributed by atoms with Crippen molar-refractivity contribution in [2.45, 2.75) is 13.2 Å². The molecule has 174 valence electrons. The highest BCUT2D eigenvalue weighted by Crippen LogP contribution is 2.38. The molecule has 3 aromatic rings. The SMILES string of the molecule is O=C1S/C(=C\c2cc(Br)c(OCc3ccc(Cl)cc3)c(Br)c2)C(=O)N1Cc1ccc(F)cc1Cl. The van der Waals surface area contributed by atoms with Gasteiger partial charge in [0.25, 0.3) is 11.1 Å². The molecule has 0 atom stereocenters. The molecule has 4 rings (SSSR count). The Morgan fingerprint density at radius 1 is 1.00 bits per heavy atom. The molecule has 10 heteroatoms. The number of carbonyl (C=O) groups excluding carboxylic acids is 2. The van der Waals surface area contributed by atoms with E-state index >= 15 is 0 Å². The van der Waals surface area contributed by atoms with Crippen molar-refractivity contribution in [1.82, 2.24) is 4.90 Å². The molecule has 0 radical (unpaired) electrons. The summed E-state index contributed by atoms with van der Waals surface area (Å²) in [5.41, 5.74) is 2.14. The fraction of sp³-hybridized carbons (Fsp3) is 0.0833. The monoisotopic (exact) mass is 643 g/mol. The van der Waals surface area contributed by atoms with Crippen molar-refractivity contribution in [1.29, 1.82) is 0 Å². The Labute approximate surface area is 226 Å². The Balaban J connectivity index is 1.50. The minimum atomic E-state index is -0.487. The van der Waals surface area contributed by atoms with Crippen molar-refractivity contribution in [3.63, 3.8) is 0 Å². The molecule has 0 saturated carbocycles. The Morgan fingerprint density at radius 2 is 1.68 bits per heavy atom. The van der Waals surface area contributed by atoms with Crippen LogP contribution in [0.3, 0.4) is 0 Å². The van der Waals surface area contributed by atoms with Gasteiger partial charge in [-0.1, -0.05) is 41.4 Å². The molecule has 2 amide bonds. The van der Waals surface area contributed by atoms with Crippen LogP contribution in [0.4, 0.5) is 9.18 Å². The van der Waals surface area contributed by atoms with E-state index in [2.05, 4.69) is 31.9 Å². The number of amides is 2. The lowest BCUT2D eigenvalue weighted by Crippen LogP contribution is -2.27. The van der Waals surface area contributed by atoms with Crippen LogP contribution in [0.1, 0.15) is 16.7 Å². The molecule has 1 aliphatic heterocycles. The summed E-state index contributed by atoms with van der Waals surface area (Å²) in [6, 6.07) is 14.8. The standard InChI is InChI=1S/C24H14Br2Cl2FNO3S/c25-18-7-14(8-19(26)22(18)33-12-13-1-4-16(27)5-2-13)9-21-23(31)30(24(32)34-21)11-15-3-6-17(29)10-20(15)28/h1-10H,11-12H2/b21-9-. The normalized spacial score (nSPS) is 14.9. The number of halogens is 5. The third kappa shape index (κ3) is 5.86. The molecule has 4 nitrogen and oxygen atoms in total. The number of imide groups is 1. The summed E-state index contributed by atoms with van der Waals surface area (Å²) in [6.07, 6.45) is 1.63. The predicted octanol–water partition coefficient (Wildman–Crippen LogP) is 8.47. The van der Waals surface area contributed by atoms with E-state index in [1.807, 2.05) is 12.1 Å². The lowest BCUT2D eigenvalue weighted by molar-refractivity contribution is -0.123. The smallest absolute Gasteiger partial charge is 0.293 e. The molecule has 0 N–H and O–H groups in total. The second-order valence-corrected chi connectivity index (χ2v) is 10.8. The predicted molar refractivity (Wildman–Crippen MR) is 141 cm³/mol. The van der Waals surface area contributed by atoms with E-state index in [-0.39, 0.29) is 16.5 Å². The molecule has 0 bridgehead atoms. The van der Waals surface area contributed by atoms with Gasteiger partial charge in [0.05, 0.1) is 20.4 Å². The van der Waals surface area contributed by atoms with Crippen LogP contribution in [-0.4, -0.2) is 16.0 Å². The maximum absolute atomic E-state index is 13.3. The fourth-order valence-electron chi connectivity index (χ4n) is 3.14. The zero-order chi connectivity index (χ0) is 24.4. The molecule has 1 heterocycles. The van der Waals surface area contributed by atoms with Crippen LogP contribution in [-0.2, 0) is 17.9 Å². The average molecular weight is 646 g/mol. The summed E-state index contributed by atoms with van der Waals surface area (Å²) in [7, 11) is 0. The van der Waals surface area contributed by atoms with Crippen LogP contribution in [0.2, 0.25) is 10.0 Å². The zero-order valence-corrected chi connectivity index (χ0v) is 22.7. The summed E-state index contributed by atoms with van der Waals surface area (Å²) in [5.74, 6) is -0.323. The third-order valence-corrected chi connectivity index (χ3v) is 7.52. The van der Waals surface area contributed by atoms with Crippen LogP contribution in [0.5, 0.6) is 5.75 Å². The largest absolute Gasteiger partial charge is 0.487 e. The Bertz CT molecular complexity index is 1300. The van der Waals surface area contributed by atoms with Gasteiger partial charge in [0.2, 0.25) is 0 Å². The minimum Gasteiger partial charge on any atom is -0.487 e. The van der Waals surface area contributed by atoms with Gasteiger partial charge in [-0.15, -0.1) is 0 Å². The van der Waals surface area contributed by atoms with Crippen LogP contribution in [0.15, 0.2) is 68.4 Å². The zero-order valence-electron chi connectivity index (χ0n) is 17.2. The first-order chi connectivity index (χ1) is 16.2. The molecule has 1 saturated heterocycles. The van der Waals surface area contributed by atoms with Gasteiger partial charge in [-0.3, -0.25) is 14.5 Å². The molecule has 1 fully saturated rings. The van der Waals surface area contributed by atoms with E-state index < -0.39 is 17.0 Å². The van der Waals surface area contributed by atoms with Crippen LogP contribution in [0, 0.1) is 5.82 Å². The van der Waals surface area contributed by atoms with Crippen LogP contribution >= 0.6 is 66.8 Å². The number of carbonyl (C=O) groups is 2. The van der Waals surface area contributed by atoms with Gasteiger partial charge in [0, 0.05) is 10.0 Å². The first-order valence-electron chi connectivity index (χ1n) is 9.77.